The molecule has 7 aromatic carbocycles. The van der Waals surface area contributed by atoms with E-state index in [0.29, 0.717) is 0 Å². The number of fused-ring (bicyclic) bond motifs is 14. The molecule has 0 radical (unpaired) electrons. The molecule has 0 unspecified atom stereocenters. The van der Waals surface area contributed by atoms with Gasteiger partial charge in [-0.05, 0) is 51.9 Å². The van der Waals surface area contributed by atoms with Crippen LogP contribution in [0.5, 0.6) is 0 Å². The van der Waals surface area contributed by atoms with Gasteiger partial charge in [0.15, 0.2) is 14.3 Å². The van der Waals surface area contributed by atoms with Crippen LogP contribution in [-0.4, -0.2) is 9.38 Å². The van der Waals surface area contributed by atoms with E-state index in [1.54, 1.807) is 0 Å². The van der Waals surface area contributed by atoms with Gasteiger partial charge in [-0.2, -0.15) is 0 Å². The monoisotopic (exact) mass is 664 g/mol. The molecule has 6 heteroatoms. The van der Waals surface area contributed by atoms with Crippen molar-refractivity contribution in [1.82, 2.24) is 9.38 Å². The number of nitrogens with zero attached hydrogens (tertiary/aromatic N) is 2. The Hall–Kier alpha value is -5.53. The molecule has 9 aromatic rings. The van der Waals surface area contributed by atoms with Gasteiger partial charge in [-0.25, -0.2) is 4.98 Å². The topological polar surface area (TPSA) is 51.4 Å². The van der Waals surface area contributed by atoms with Crippen LogP contribution in [0.25, 0.3) is 60.6 Å². The summed E-state index contributed by atoms with van der Waals surface area (Å²) in [5, 5.41) is 8.03. The van der Waals surface area contributed by atoms with E-state index in [9.17, 15) is 0 Å². The normalized spacial score (nSPS) is 15.0. The van der Waals surface area contributed by atoms with Crippen molar-refractivity contribution in [3.05, 3.63) is 158 Å². The third-order valence-corrected chi connectivity index (χ3v) is 16.9. The van der Waals surface area contributed by atoms with Crippen molar-refractivity contribution in [3.8, 4) is 22.3 Å². The molecule has 11 rings (SSSR count). The molecule has 2 aromatic heterocycles. The lowest BCUT2D eigenvalue weighted by Gasteiger charge is -2.17. The molecule has 4 nitrogen and oxygen atoms in total. The Morgan fingerprint density at radius 1 is 0.408 bits per heavy atom. The van der Waals surface area contributed by atoms with Crippen molar-refractivity contribution in [3.63, 3.8) is 0 Å². The minimum atomic E-state index is -3.25. The first kappa shape index (κ1) is 27.4. The Kier molecular flexibility index (Phi) is 5.34. The molecule has 0 aliphatic carbocycles. The molecule has 49 heavy (non-hydrogen) atoms. The maximum atomic E-state index is 15.7. The van der Waals surface area contributed by atoms with E-state index in [0.717, 1.165) is 92.4 Å². The van der Waals surface area contributed by atoms with Crippen LogP contribution in [0.3, 0.4) is 0 Å². The first-order chi connectivity index (χ1) is 24.1. The third-order valence-electron chi connectivity index (χ3n) is 10.6. The molecule has 0 amide bonds. The van der Waals surface area contributed by atoms with Gasteiger partial charge in [0.1, 0.15) is 11.2 Å². The second kappa shape index (κ2) is 9.55. The Morgan fingerprint density at radius 3 is 1.51 bits per heavy atom. The lowest BCUT2D eigenvalue weighted by Crippen LogP contribution is -2.21. The summed E-state index contributed by atoms with van der Waals surface area (Å²) in [6, 6.07) is 53.0. The van der Waals surface area contributed by atoms with E-state index in [1.165, 1.54) is 0 Å². The zero-order valence-electron chi connectivity index (χ0n) is 26.1. The number of aromatic nitrogens is 2. The van der Waals surface area contributed by atoms with E-state index in [-0.39, 0.29) is 0 Å². The van der Waals surface area contributed by atoms with E-state index >= 15 is 9.13 Å². The van der Waals surface area contributed by atoms with Crippen LogP contribution in [0.1, 0.15) is 0 Å². The summed E-state index contributed by atoms with van der Waals surface area (Å²) in [6.45, 7) is 0. The lowest BCUT2D eigenvalue weighted by atomic mass is 10.1. The highest BCUT2D eigenvalue weighted by atomic mass is 31.2. The van der Waals surface area contributed by atoms with E-state index in [1.807, 2.05) is 97.1 Å². The standard InChI is InChI=1S/C43H26N2O2P2/c46-48(37-19-7-2-13-30(37)31-14-3-8-20-38(31)48)27-24-25-28-29-12-1-6-17-35(29)45-36-18-11-23-41(42(36)44-43(45)34(28)26-27)49(47)39-21-9-4-15-32(39)33-16-5-10-22-40(33)49/h1-26H. The third kappa shape index (κ3) is 3.33. The largest absolute Gasteiger partial charge is 0.309 e. The number of benzene rings is 7. The van der Waals surface area contributed by atoms with E-state index < -0.39 is 14.3 Å². The number of hydrogen-bond acceptors (Lipinski definition) is 3. The summed E-state index contributed by atoms with van der Waals surface area (Å²) < 4.78 is 33.4. The fraction of sp³-hybridized carbons (Fsp3) is 0. The second-order valence-electron chi connectivity index (χ2n) is 12.9. The Labute approximate surface area is 282 Å². The Balaban J connectivity index is 1.26. The maximum absolute atomic E-state index is 15.7. The van der Waals surface area contributed by atoms with Gasteiger partial charge in [0.25, 0.3) is 0 Å². The minimum absolute atomic E-state index is 0.726. The summed E-state index contributed by atoms with van der Waals surface area (Å²) in [6.07, 6.45) is 0. The van der Waals surface area contributed by atoms with Crippen molar-refractivity contribution < 1.29 is 9.13 Å². The van der Waals surface area contributed by atoms with Crippen LogP contribution in [0, 0.1) is 0 Å². The SMILES string of the molecule is O=P1(c2ccc3c4ccccc4n4c5cccc(P6(=O)c7ccccc7-c7ccccc76)c5nc4c3c2)c2ccccc2-c2ccccc21. The zero-order valence-corrected chi connectivity index (χ0v) is 27.9. The van der Waals surface area contributed by atoms with Gasteiger partial charge in [0.2, 0.25) is 0 Å². The van der Waals surface area contributed by atoms with Gasteiger partial charge >= 0.3 is 0 Å². The lowest BCUT2D eigenvalue weighted by molar-refractivity contribution is 0.592. The molecule has 0 saturated carbocycles. The molecule has 0 fully saturated rings. The molecule has 0 N–H and O–H groups in total. The quantitative estimate of drug-likeness (QED) is 0.139. The summed E-state index contributed by atoms with van der Waals surface area (Å²) >= 11 is 0. The number of pyridine rings is 1. The second-order valence-corrected chi connectivity index (χ2v) is 18.3. The molecule has 0 bridgehead atoms. The maximum Gasteiger partial charge on any atom is 0.174 e. The Morgan fingerprint density at radius 2 is 0.898 bits per heavy atom. The van der Waals surface area contributed by atoms with Crippen molar-refractivity contribution >= 4 is 84.5 Å². The summed E-state index contributed by atoms with van der Waals surface area (Å²) in [5.41, 5.74) is 7.50. The average molecular weight is 665 g/mol. The van der Waals surface area contributed by atoms with E-state index in [2.05, 4.69) is 65.1 Å². The van der Waals surface area contributed by atoms with Crippen LogP contribution < -0.4 is 31.8 Å². The molecule has 2 aliphatic rings. The minimum Gasteiger partial charge on any atom is -0.309 e. The molecular formula is C43H26N2O2P2. The fourth-order valence-electron chi connectivity index (χ4n) is 8.51. The first-order valence-electron chi connectivity index (χ1n) is 16.4. The number of rotatable bonds is 2. The van der Waals surface area contributed by atoms with Crippen LogP contribution in [-0.2, 0) is 9.13 Å². The smallest absolute Gasteiger partial charge is 0.174 e. The highest BCUT2D eigenvalue weighted by molar-refractivity contribution is 7.87. The molecule has 4 heterocycles. The predicted octanol–water partition coefficient (Wildman–Crippen LogP) is 8.03. The summed E-state index contributed by atoms with van der Waals surface area (Å²) in [5.74, 6) is 0. The number of imidazole rings is 1. The van der Waals surface area contributed by atoms with E-state index in [4.69, 9.17) is 4.98 Å². The predicted molar refractivity (Wildman–Crippen MR) is 204 cm³/mol. The van der Waals surface area contributed by atoms with Gasteiger partial charge in [0.05, 0.1) is 11.0 Å². The van der Waals surface area contributed by atoms with Crippen molar-refractivity contribution in [2.45, 2.75) is 0 Å². The number of hydrogen-bond donors (Lipinski definition) is 0. The molecule has 2 aliphatic heterocycles. The molecule has 0 saturated heterocycles. The van der Waals surface area contributed by atoms with Crippen molar-refractivity contribution in [2.24, 2.45) is 0 Å². The number of para-hydroxylation sites is 2. The molecular weight excluding hydrogens is 638 g/mol. The molecule has 0 spiro atoms. The van der Waals surface area contributed by atoms with Gasteiger partial charge in [0, 0.05) is 42.6 Å². The average Bonchev–Trinajstić information content (AvgIpc) is 3.78. The van der Waals surface area contributed by atoms with Crippen LogP contribution in [0.2, 0.25) is 0 Å². The first-order valence-corrected chi connectivity index (χ1v) is 19.9. The van der Waals surface area contributed by atoms with Crippen LogP contribution in [0.4, 0.5) is 0 Å². The highest BCUT2D eigenvalue weighted by Crippen LogP contribution is 2.54. The zero-order chi connectivity index (χ0) is 32.5. The highest BCUT2D eigenvalue weighted by Gasteiger charge is 2.42. The molecule has 0 atom stereocenters. The van der Waals surface area contributed by atoms with Crippen molar-refractivity contribution in [2.75, 3.05) is 0 Å². The molecule has 230 valence electrons. The van der Waals surface area contributed by atoms with Crippen LogP contribution >= 0.6 is 14.3 Å². The summed E-state index contributed by atoms with van der Waals surface area (Å²) in [4.78, 5) is 5.41. The van der Waals surface area contributed by atoms with Gasteiger partial charge in [-0.1, -0.05) is 133 Å². The van der Waals surface area contributed by atoms with Crippen molar-refractivity contribution in [1.29, 1.82) is 0 Å². The van der Waals surface area contributed by atoms with Gasteiger partial charge in [-0.3, -0.25) is 4.40 Å². The Bertz CT molecular complexity index is 2930. The van der Waals surface area contributed by atoms with Gasteiger partial charge in [-0.15, -0.1) is 0 Å². The van der Waals surface area contributed by atoms with Gasteiger partial charge < -0.3 is 9.13 Å². The van der Waals surface area contributed by atoms with Crippen LogP contribution in [0.15, 0.2) is 158 Å². The fourth-order valence-corrected chi connectivity index (χ4v) is 14.8. The summed E-state index contributed by atoms with van der Waals surface area (Å²) in [7, 11) is -6.43.